The average molecular weight is 333 g/mol. The summed E-state index contributed by atoms with van der Waals surface area (Å²) in [6.07, 6.45) is 3.89. The Kier molecular flexibility index (Phi) is 4.14. The van der Waals surface area contributed by atoms with Crippen molar-refractivity contribution in [2.45, 2.75) is 46.8 Å². The van der Waals surface area contributed by atoms with Crippen LogP contribution in [0, 0.1) is 0 Å². The molecule has 18 heavy (non-hydrogen) atoms. The molecular formula is C13H17BrO3S. The standard InChI is InChI=1S/C13H17BrO3S/c14-12(13(15)9-5-2-6-10-13)18(16,17)11-7-3-1-4-8-11/h1,3-4,7-8,12,15H,2,5-6,9-10H2. The van der Waals surface area contributed by atoms with Crippen molar-refractivity contribution in [3.63, 3.8) is 0 Å². The number of benzene rings is 1. The first-order valence-corrected chi connectivity index (χ1v) is 8.58. The van der Waals surface area contributed by atoms with Crippen LogP contribution in [0.25, 0.3) is 0 Å². The van der Waals surface area contributed by atoms with Gasteiger partial charge in [0.15, 0.2) is 9.84 Å². The molecule has 5 heteroatoms. The van der Waals surface area contributed by atoms with Gasteiger partial charge in [-0.3, -0.25) is 0 Å². The van der Waals surface area contributed by atoms with Gasteiger partial charge >= 0.3 is 0 Å². The zero-order valence-corrected chi connectivity index (χ0v) is 12.5. The number of alkyl halides is 1. The SMILES string of the molecule is O=S(=O)(c1ccccc1)C(Br)C1(O)CCCCC1. The van der Waals surface area contributed by atoms with Crippen LogP contribution in [-0.2, 0) is 9.84 Å². The quantitative estimate of drug-likeness (QED) is 0.866. The van der Waals surface area contributed by atoms with Crippen LogP contribution in [0.2, 0.25) is 0 Å². The highest BCUT2D eigenvalue weighted by Crippen LogP contribution is 2.39. The summed E-state index contributed by atoms with van der Waals surface area (Å²) in [5, 5.41) is 10.5. The lowest BCUT2D eigenvalue weighted by molar-refractivity contribution is 0.0196. The van der Waals surface area contributed by atoms with Gasteiger partial charge in [-0.1, -0.05) is 53.4 Å². The van der Waals surface area contributed by atoms with Crippen LogP contribution in [0.3, 0.4) is 0 Å². The molecule has 1 fully saturated rings. The summed E-state index contributed by atoms with van der Waals surface area (Å²) in [5.74, 6) is 0. The van der Waals surface area contributed by atoms with Crippen molar-refractivity contribution >= 4 is 25.8 Å². The maximum atomic E-state index is 12.4. The summed E-state index contributed by atoms with van der Waals surface area (Å²) in [7, 11) is -3.53. The first-order valence-electron chi connectivity index (χ1n) is 6.12. The monoisotopic (exact) mass is 332 g/mol. The minimum Gasteiger partial charge on any atom is -0.388 e. The fourth-order valence-corrected chi connectivity index (χ4v) is 5.10. The maximum Gasteiger partial charge on any atom is 0.194 e. The summed E-state index contributed by atoms with van der Waals surface area (Å²) < 4.78 is 23.9. The first-order chi connectivity index (χ1) is 8.47. The zero-order valence-electron chi connectivity index (χ0n) is 10.0. The molecule has 0 heterocycles. The van der Waals surface area contributed by atoms with Gasteiger partial charge in [-0.15, -0.1) is 0 Å². The van der Waals surface area contributed by atoms with Crippen molar-refractivity contribution in [3.8, 4) is 0 Å². The Morgan fingerprint density at radius 3 is 2.22 bits per heavy atom. The Labute approximate surface area is 116 Å². The number of rotatable bonds is 3. The van der Waals surface area contributed by atoms with Crippen LogP contribution < -0.4 is 0 Å². The van der Waals surface area contributed by atoms with Crippen LogP contribution in [0.5, 0.6) is 0 Å². The molecule has 1 aromatic carbocycles. The van der Waals surface area contributed by atoms with E-state index in [-0.39, 0.29) is 4.90 Å². The Morgan fingerprint density at radius 2 is 1.67 bits per heavy atom. The van der Waals surface area contributed by atoms with Crippen LogP contribution >= 0.6 is 15.9 Å². The molecule has 1 N–H and O–H groups in total. The van der Waals surface area contributed by atoms with Gasteiger partial charge in [-0.2, -0.15) is 0 Å². The van der Waals surface area contributed by atoms with Gasteiger partial charge < -0.3 is 5.11 Å². The van der Waals surface area contributed by atoms with E-state index in [1.807, 2.05) is 0 Å². The molecule has 0 saturated heterocycles. The second-order valence-corrected chi connectivity index (χ2v) is 8.39. The Morgan fingerprint density at radius 1 is 1.11 bits per heavy atom. The molecule has 1 saturated carbocycles. The molecule has 1 aliphatic carbocycles. The van der Waals surface area contributed by atoms with E-state index < -0.39 is 19.6 Å². The van der Waals surface area contributed by atoms with Crippen molar-refractivity contribution in [3.05, 3.63) is 30.3 Å². The third-order valence-electron chi connectivity index (χ3n) is 3.49. The average Bonchev–Trinajstić information content (AvgIpc) is 2.40. The maximum absolute atomic E-state index is 12.4. The predicted molar refractivity (Wildman–Crippen MR) is 74.4 cm³/mol. The van der Waals surface area contributed by atoms with Crippen molar-refractivity contribution in [2.24, 2.45) is 0 Å². The Bertz CT molecular complexity index is 492. The molecular weight excluding hydrogens is 316 g/mol. The highest BCUT2D eigenvalue weighted by molar-refractivity contribution is 9.11. The predicted octanol–water partition coefficient (Wildman–Crippen LogP) is 2.88. The van der Waals surface area contributed by atoms with E-state index >= 15 is 0 Å². The van der Waals surface area contributed by atoms with Gasteiger partial charge in [0.1, 0.15) is 4.16 Å². The van der Waals surface area contributed by atoms with Gasteiger partial charge in [0.2, 0.25) is 0 Å². The van der Waals surface area contributed by atoms with Crippen molar-refractivity contribution in [1.29, 1.82) is 0 Å². The highest BCUT2D eigenvalue weighted by atomic mass is 79.9. The number of aliphatic hydroxyl groups is 1. The molecule has 100 valence electrons. The van der Waals surface area contributed by atoms with E-state index in [2.05, 4.69) is 15.9 Å². The molecule has 1 aliphatic rings. The lowest BCUT2D eigenvalue weighted by Crippen LogP contribution is -2.44. The van der Waals surface area contributed by atoms with Gasteiger partial charge in [-0.05, 0) is 25.0 Å². The number of hydrogen-bond donors (Lipinski definition) is 1. The summed E-state index contributed by atoms with van der Waals surface area (Å²) in [4.78, 5) is 0.255. The largest absolute Gasteiger partial charge is 0.388 e. The summed E-state index contributed by atoms with van der Waals surface area (Å²) in [6, 6.07) is 8.29. The summed E-state index contributed by atoms with van der Waals surface area (Å²) >= 11 is 3.22. The lowest BCUT2D eigenvalue weighted by Gasteiger charge is -2.35. The van der Waals surface area contributed by atoms with Crippen molar-refractivity contribution in [1.82, 2.24) is 0 Å². The van der Waals surface area contributed by atoms with E-state index in [4.69, 9.17) is 0 Å². The summed E-state index contributed by atoms with van der Waals surface area (Å²) in [6.45, 7) is 0. The number of halogens is 1. The van der Waals surface area contributed by atoms with Crippen LogP contribution in [0.15, 0.2) is 35.2 Å². The fraction of sp³-hybridized carbons (Fsp3) is 0.538. The van der Waals surface area contributed by atoms with Crippen molar-refractivity contribution < 1.29 is 13.5 Å². The smallest absolute Gasteiger partial charge is 0.194 e. The number of hydrogen-bond acceptors (Lipinski definition) is 3. The van der Waals surface area contributed by atoms with E-state index in [0.717, 1.165) is 19.3 Å². The highest BCUT2D eigenvalue weighted by Gasteiger charge is 2.44. The molecule has 3 nitrogen and oxygen atoms in total. The fourth-order valence-electron chi connectivity index (χ4n) is 2.41. The summed E-state index contributed by atoms with van der Waals surface area (Å²) in [5.41, 5.74) is -1.15. The second-order valence-electron chi connectivity index (χ2n) is 4.84. The van der Waals surface area contributed by atoms with Gasteiger partial charge in [-0.25, -0.2) is 8.42 Å². The van der Waals surface area contributed by atoms with Crippen LogP contribution in [-0.4, -0.2) is 23.3 Å². The second kappa shape index (κ2) is 5.31. The molecule has 0 amide bonds. The first kappa shape index (κ1) is 14.0. The minimum absolute atomic E-state index is 0.255. The molecule has 0 aromatic heterocycles. The third-order valence-corrected chi connectivity index (χ3v) is 7.73. The van der Waals surface area contributed by atoms with Gasteiger partial charge in [0.25, 0.3) is 0 Å². The molecule has 0 bridgehead atoms. The Hall–Kier alpha value is -0.390. The lowest BCUT2D eigenvalue weighted by atomic mass is 9.86. The normalized spacial score (nSPS) is 21.4. The van der Waals surface area contributed by atoms with E-state index in [1.54, 1.807) is 30.3 Å². The zero-order chi connectivity index (χ0) is 13.2. The van der Waals surface area contributed by atoms with Gasteiger partial charge in [0.05, 0.1) is 10.5 Å². The van der Waals surface area contributed by atoms with Gasteiger partial charge in [0, 0.05) is 0 Å². The molecule has 1 unspecified atom stereocenters. The van der Waals surface area contributed by atoms with Crippen LogP contribution in [0.4, 0.5) is 0 Å². The molecule has 0 radical (unpaired) electrons. The Balaban J connectivity index is 2.30. The third kappa shape index (κ3) is 2.63. The topological polar surface area (TPSA) is 54.4 Å². The molecule has 1 atom stereocenters. The minimum atomic E-state index is -3.53. The molecule has 1 aromatic rings. The van der Waals surface area contributed by atoms with E-state index in [1.165, 1.54) is 0 Å². The molecule has 0 spiro atoms. The van der Waals surface area contributed by atoms with Crippen molar-refractivity contribution in [2.75, 3.05) is 0 Å². The molecule has 2 rings (SSSR count). The van der Waals surface area contributed by atoms with E-state index in [0.29, 0.717) is 12.8 Å². The van der Waals surface area contributed by atoms with Crippen LogP contribution in [0.1, 0.15) is 32.1 Å². The number of sulfone groups is 1. The molecule has 0 aliphatic heterocycles. The van der Waals surface area contributed by atoms with E-state index in [9.17, 15) is 13.5 Å².